The Morgan fingerprint density at radius 1 is 0.971 bits per heavy atom. The number of aliphatic hydroxyl groups is 1. The van der Waals surface area contributed by atoms with Crippen LogP contribution in [0.1, 0.15) is 50.7 Å². The maximum absolute atomic E-state index is 12.8. The molecule has 8 nitrogen and oxygen atoms in total. The van der Waals surface area contributed by atoms with Gasteiger partial charge in [0.15, 0.2) is 6.04 Å². The van der Waals surface area contributed by atoms with Gasteiger partial charge in [0.1, 0.15) is 12.6 Å². The first-order valence-corrected chi connectivity index (χ1v) is 11.6. The number of aliphatic hydroxyl groups excluding tert-OH is 1. The fraction of sp³-hybridized carbons (Fsp3) is 0.423. The molecular weight excluding hydrogens is 436 g/mol. The summed E-state index contributed by atoms with van der Waals surface area (Å²) in [5.74, 6) is -2.06. The third-order valence-corrected chi connectivity index (χ3v) is 6.33. The van der Waals surface area contributed by atoms with Crippen molar-refractivity contribution >= 4 is 18.0 Å². The van der Waals surface area contributed by atoms with E-state index in [2.05, 4.69) is 10.6 Å². The number of carboxylic acid groups (broad SMARTS) is 1. The molecule has 0 radical (unpaired) electrons. The van der Waals surface area contributed by atoms with E-state index in [0.717, 1.165) is 28.7 Å². The number of hydrogen-bond acceptors (Lipinski definition) is 5. The van der Waals surface area contributed by atoms with Crippen LogP contribution in [0.3, 0.4) is 0 Å². The van der Waals surface area contributed by atoms with Gasteiger partial charge in [0.2, 0.25) is 5.91 Å². The molecule has 3 rings (SSSR count). The quantitative estimate of drug-likeness (QED) is 0.424. The summed E-state index contributed by atoms with van der Waals surface area (Å²) in [7, 11) is 0. The number of ether oxygens (including phenoxy) is 1. The highest BCUT2D eigenvalue weighted by atomic mass is 16.5. The van der Waals surface area contributed by atoms with Gasteiger partial charge in [-0.1, -0.05) is 68.8 Å². The first kappa shape index (κ1) is 25.2. The molecule has 182 valence electrons. The molecule has 2 amide bonds. The zero-order valence-corrected chi connectivity index (χ0v) is 19.7. The molecule has 0 spiro atoms. The van der Waals surface area contributed by atoms with E-state index >= 15 is 0 Å². The fourth-order valence-corrected chi connectivity index (χ4v) is 4.23. The SMILES string of the molecule is CCC(C)CC(NC(=O)OCC1c2ccccc2-c2ccccc21)C(=O)NC(C(=O)O)C(C)O. The molecule has 0 aliphatic heterocycles. The number of carboxylic acids is 1. The average Bonchev–Trinajstić information content (AvgIpc) is 3.13. The highest BCUT2D eigenvalue weighted by molar-refractivity contribution is 5.89. The zero-order chi connectivity index (χ0) is 24.8. The van der Waals surface area contributed by atoms with Crippen LogP contribution < -0.4 is 10.6 Å². The van der Waals surface area contributed by atoms with Gasteiger partial charge < -0.3 is 25.6 Å². The Bertz CT molecular complexity index is 992. The van der Waals surface area contributed by atoms with Crippen LogP contribution in [0.15, 0.2) is 48.5 Å². The molecule has 1 aliphatic carbocycles. The summed E-state index contributed by atoms with van der Waals surface area (Å²) in [4.78, 5) is 36.8. The number of benzene rings is 2. The van der Waals surface area contributed by atoms with Crippen molar-refractivity contribution in [2.24, 2.45) is 5.92 Å². The lowest BCUT2D eigenvalue weighted by molar-refractivity contribution is -0.145. The Kier molecular flexibility index (Phi) is 8.28. The minimum Gasteiger partial charge on any atom is -0.480 e. The van der Waals surface area contributed by atoms with Crippen molar-refractivity contribution in [1.82, 2.24) is 10.6 Å². The van der Waals surface area contributed by atoms with Gasteiger partial charge in [-0.3, -0.25) is 4.79 Å². The van der Waals surface area contributed by atoms with E-state index < -0.39 is 36.2 Å². The first-order valence-electron chi connectivity index (χ1n) is 11.6. The standard InChI is InChI=1S/C26H32N2O6/c1-4-15(2)13-22(24(30)28-23(16(3)29)25(31)32)27-26(33)34-14-21-19-11-7-5-9-17(19)18-10-6-8-12-20(18)21/h5-12,15-16,21-23,29H,4,13-14H2,1-3H3,(H,27,33)(H,28,30)(H,31,32). The van der Waals surface area contributed by atoms with Crippen LogP contribution in [0.4, 0.5) is 4.79 Å². The second-order valence-corrected chi connectivity index (χ2v) is 8.84. The van der Waals surface area contributed by atoms with E-state index in [1.54, 1.807) is 0 Å². The van der Waals surface area contributed by atoms with Crippen molar-refractivity contribution in [2.75, 3.05) is 6.61 Å². The maximum atomic E-state index is 12.8. The normalized spacial score (nSPS) is 15.9. The summed E-state index contributed by atoms with van der Waals surface area (Å²) in [6.45, 7) is 5.27. The molecule has 2 aromatic rings. The van der Waals surface area contributed by atoms with Crippen LogP contribution in [-0.4, -0.2) is 53.0 Å². The molecule has 34 heavy (non-hydrogen) atoms. The number of carbonyl (C=O) groups excluding carboxylic acids is 2. The van der Waals surface area contributed by atoms with Crippen molar-refractivity contribution in [3.05, 3.63) is 59.7 Å². The second kappa shape index (κ2) is 11.2. The van der Waals surface area contributed by atoms with Gasteiger partial charge in [0.05, 0.1) is 6.10 Å². The van der Waals surface area contributed by atoms with Crippen molar-refractivity contribution in [3.63, 3.8) is 0 Å². The Morgan fingerprint density at radius 2 is 1.53 bits per heavy atom. The smallest absolute Gasteiger partial charge is 0.407 e. The van der Waals surface area contributed by atoms with E-state index in [4.69, 9.17) is 4.74 Å². The Morgan fingerprint density at radius 3 is 2.03 bits per heavy atom. The monoisotopic (exact) mass is 468 g/mol. The molecule has 0 fully saturated rings. The maximum Gasteiger partial charge on any atom is 0.407 e. The highest BCUT2D eigenvalue weighted by Gasteiger charge is 2.32. The molecule has 8 heteroatoms. The number of alkyl carbamates (subject to hydrolysis) is 1. The van der Waals surface area contributed by atoms with E-state index in [0.29, 0.717) is 6.42 Å². The van der Waals surface area contributed by atoms with Crippen LogP contribution in [0.25, 0.3) is 11.1 Å². The van der Waals surface area contributed by atoms with Gasteiger partial charge in [-0.15, -0.1) is 0 Å². The molecular formula is C26H32N2O6. The predicted octanol–water partition coefficient (Wildman–Crippen LogP) is 3.28. The lowest BCUT2D eigenvalue weighted by Gasteiger charge is -2.24. The van der Waals surface area contributed by atoms with Gasteiger partial charge in [-0.05, 0) is 41.5 Å². The zero-order valence-electron chi connectivity index (χ0n) is 19.7. The molecule has 1 aliphatic rings. The largest absolute Gasteiger partial charge is 0.480 e. The third-order valence-electron chi connectivity index (χ3n) is 6.33. The number of rotatable bonds is 10. The lowest BCUT2D eigenvalue weighted by atomic mass is 9.98. The Hall–Kier alpha value is -3.39. The van der Waals surface area contributed by atoms with Crippen molar-refractivity contribution in [3.8, 4) is 11.1 Å². The number of carbonyl (C=O) groups is 3. The molecule has 4 atom stereocenters. The van der Waals surface area contributed by atoms with Gasteiger partial charge in [0, 0.05) is 5.92 Å². The number of fused-ring (bicyclic) bond motifs is 3. The summed E-state index contributed by atoms with van der Waals surface area (Å²) >= 11 is 0. The molecule has 2 aromatic carbocycles. The molecule has 0 saturated heterocycles. The van der Waals surface area contributed by atoms with Crippen LogP contribution in [-0.2, 0) is 14.3 Å². The molecule has 4 unspecified atom stereocenters. The number of aliphatic carboxylic acids is 1. The van der Waals surface area contributed by atoms with Crippen LogP contribution in [0.5, 0.6) is 0 Å². The van der Waals surface area contributed by atoms with E-state index in [9.17, 15) is 24.6 Å². The van der Waals surface area contributed by atoms with E-state index in [1.807, 2.05) is 62.4 Å². The highest BCUT2D eigenvalue weighted by Crippen LogP contribution is 2.44. The molecule has 0 aromatic heterocycles. The molecule has 0 saturated carbocycles. The topological polar surface area (TPSA) is 125 Å². The second-order valence-electron chi connectivity index (χ2n) is 8.84. The van der Waals surface area contributed by atoms with Gasteiger partial charge in [-0.25, -0.2) is 9.59 Å². The number of nitrogens with one attached hydrogen (secondary N) is 2. The molecule has 0 bridgehead atoms. The summed E-state index contributed by atoms with van der Waals surface area (Å²) < 4.78 is 5.54. The van der Waals surface area contributed by atoms with Crippen LogP contribution in [0.2, 0.25) is 0 Å². The first-order chi connectivity index (χ1) is 16.2. The average molecular weight is 469 g/mol. The van der Waals surface area contributed by atoms with Crippen LogP contribution in [0, 0.1) is 5.92 Å². The summed E-state index contributed by atoms with van der Waals surface area (Å²) in [5, 5.41) is 23.8. The molecule has 4 N–H and O–H groups in total. The lowest BCUT2D eigenvalue weighted by Crippen LogP contribution is -2.55. The Labute approximate surface area is 199 Å². The number of hydrogen-bond donors (Lipinski definition) is 4. The van der Waals surface area contributed by atoms with Gasteiger partial charge in [-0.2, -0.15) is 0 Å². The summed E-state index contributed by atoms with van der Waals surface area (Å²) in [6.07, 6.45) is -0.970. The van der Waals surface area contributed by atoms with Crippen LogP contribution >= 0.6 is 0 Å². The predicted molar refractivity (Wildman–Crippen MR) is 127 cm³/mol. The van der Waals surface area contributed by atoms with Crippen molar-refractivity contribution in [1.29, 1.82) is 0 Å². The summed E-state index contributed by atoms with van der Waals surface area (Å²) in [5.41, 5.74) is 4.37. The van der Waals surface area contributed by atoms with Crippen molar-refractivity contribution in [2.45, 2.75) is 57.7 Å². The Balaban J connectivity index is 1.69. The van der Waals surface area contributed by atoms with Gasteiger partial charge in [0.25, 0.3) is 0 Å². The summed E-state index contributed by atoms with van der Waals surface area (Å²) in [6, 6.07) is 13.5. The van der Waals surface area contributed by atoms with E-state index in [1.165, 1.54) is 6.92 Å². The van der Waals surface area contributed by atoms with Gasteiger partial charge >= 0.3 is 12.1 Å². The minimum atomic E-state index is -1.48. The van der Waals surface area contributed by atoms with E-state index in [-0.39, 0.29) is 18.4 Å². The van der Waals surface area contributed by atoms with Crippen molar-refractivity contribution < 1.29 is 29.3 Å². The minimum absolute atomic E-state index is 0.0967. The molecule has 0 heterocycles. The third kappa shape index (κ3) is 5.75. The fourth-order valence-electron chi connectivity index (χ4n) is 4.23. The number of amides is 2.